The molecular weight excluding hydrogens is 280 g/mol. The van der Waals surface area contributed by atoms with E-state index in [4.69, 9.17) is 0 Å². The molecule has 6 heteroatoms. The van der Waals surface area contributed by atoms with E-state index in [-0.39, 0.29) is 17.7 Å². The zero-order chi connectivity index (χ0) is 15.5. The van der Waals surface area contributed by atoms with E-state index in [0.29, 0.717) is 19.4 Å². The van der Waals surface area contributed by atoms with Gasteiger partial charge >= 0.3 is 0 Å². The number of nitrogens with one attached hydrogen (secondary N) is 1. The van der Waals surface area contributed by atoms with Crippen LogP contribution in [0.1, 0.15) is 12.8 Å². The van der Waals surface area contributed by atoms with E-state index in [2.05, 4.69) is 10.4 Å². The maximum absolute atomic E-state index is 12.4. The van der Waals surface area contributed by atoms with E-state index < -0.39 is 0 Å². The summed E-state index contributed by atoms with van der Waals surface area (Å²) in [4.78, 5) is 26.1. The fourth-order valence-corrected chi connectivity index (χ4v) is 2.62. The van der Waals surface area contributed by atoms with Crippen molar-refractivity contribution in [1.29, 1.82) is 0 Å². The molecule has 0 radical (unpaired) electrons. The largest absolute Gasteiger partial charge is 0.326 e. The van der Waals surface area contributed by atoms with Gasteiger partial charge in [0.1, 0.15) is 0 Å². The third kappa shape index (κ3) is 3.00. The first-order valence-electron chi connectivity index (χ1n) is 7.28. The van der Waals surface area contributed by atoms with E-state index in [1.165, 1.54) is 0 Å². The SMILES string of the molecule is Cn1cc(N2CC(C(=O)Nc3ccccc3)CCC2=O)cn1. The Labute approximate surface area is 128 Å². The summed E-state index contributed by atoms with van der Waals surface area (Å²) in [6.07, 6.45) is 4.39. The number of aromatic nitrogens is 2. The Morgan fingerprint density at radius 3 is 2.77 bits per heavy atom. The van der Waals surface area contributed by atoms with Gasteiger partial charge < -0.3 is 10.2 Å². The average Bonchev–Trinajstić information content (AvgIpc) is 2.95. The number of rotatable bonds is 3. The monoisotopic (exact) mass is 298 g/mol. The maximum atomic E-state index is 12.4. The summed E-state index contributed by atoms with van der Waals surface area (Å²) >= 11 is 0. The Balaban J connectivity index is 1.70. The molecule has 1 fully saturated rings. The highest BCUT2D eigenvalue weighted by Gasteiger charge is 2.31. The van der Waals surface area contributed by atoms with Crippen molar-refractivity contribution in [2.24, 2.45) is 13.0 Å². The van der Waals surface area contributed by atoms with Crippen molar-refractivity contribution in [2.75, 3.05) is 16.8 Å². The second kappa shape index (κ2) is 6.01. The van der Waals surface area contributed by atoms with Crippen LogP contribution in [0.15, 0.2) is 42.7 Å². The van der Waals surface area contributed by atoms with Crippen LogP contribution in [0.5, 0.6) is 0 Å². The molecule has 1 aliphatic rings. The highest BCUT2D eigenvalue weighted by atomic mass is 16.2. The summed E-state index contributed by atoms with van der Waals surface area (Å²) < 4.78 is 1.65. The van der Waals surface area contributed by atoms with Crippen molar-refractivity contribution in [3.63, 3.8) is 0 Å². The lowest BCUT2D eigenvalue weighted by Crippen LogP contribution is -2.44. The van der Waals surface area contributed by atoms with Crippen molar-refractivity contribution in [2.45, 2.75) is 12.8 Å². The minimum atomic E-state index is -0.210. The quantitative estimate of drug-likeness (QED) is 0.939. The Morgan fingerprint density at radius 1 is 1.32 bits per heavy atom. The standard InChI is InChI=1S/C16H18N4O2/c1-19-11-14(9-17-19)20-10-12(7-8-15(20)21)16(22)18-13-5-3-2-4-6-13/h2-6,9,11-12H,7-8,10H2,1H3,(H,18,22). The Kier molecular flexibility index (Phi) is 3.91. The van der Waals surface area contributed by atoms with Crippen LogP contribution in [0.4, 0.5) is 11.4 Å². The number of carbonyl (C=O) groups is 2. The summed E-state index contributed by atoms with van der Waals surface area (Å²) in [5.74, 6) is -0.220. The number of anilines is 2. The van der Waals surface area contributed by atoms with Gasteiger partial charge in [0, 0.05) is 31.9 Å². The van der Waals surface area contributed by atoms with E-state index in [1.54, 1.807) is 29.0 Å². The summed E-state index contributed by atoms with van der Waals surface area (Å²) in [6, 6.07) is 9.36. The zero-order valence-corrected chi connectivity index (χ0v) is 12.4. The molecule has 0 aliphatic carbocycles. The maximum Gasteiger partial charge on any atom is 0.229 e. The average molecular weight is 298 g/mol. The predicted molar refractivity (Wildman–Crippen MR) is 83.4 cm³/mol. The van der Waals surface area contributed by atoms with Gasteiger partial charge in [0.25, 0.3) is 0 Å². The summed E-state index contributed by atoms with van der Waals surface area (Å²) in [7, 11) is 1.80. The second-order valence-electron chi connectivity index (χ2n) is 5.47. The smallest absolute Gasteiger partial charge is 0.229 e. The van der Waals surface area contributed by atoms with Gasteiger partial charge in [0.2, 0.25) is 11.8 Å². The Morgan fingerprint density at radius 2 is 2.09 bits per heavy atom. The number of piperidine rings is 1. The van der Waals surface area contributed by atoms with Crippen LogP contribution in [0.2, 0.25) is 0 Å². The van der Waals surface area contributed by atoms with Gasteiger partial charge in [-0.1, -0.05) is 18.2 Å². The summed E-state index contributed by atoms with van der Waals surface area (Å²) in [6.45, 7) is 0.392. The first-order valence-corrected chi connectivity index (χ1v) is 7.28. The molecule has 0 saturated carbocycles. The minimum Gasteiger partial charge on any atom is -0.326 e. The zero-order valence-electron chi connectivity index (χ0n) is 12.4. The minimum absolute atomic E-state index is 0.0387. The van der Waals surface area contributed by atoms with Crippen molar-refractivity contribution in [1.82, 2.24) is 9.78 Å². The number of hydrogen-bond acceptors (Lipinski definition) is 3. The molecule has 22 heavy (non-hydrogen) atoms. The van der Waals surface area contributed by atoms with Gasteiger partial charge in [-0.3, -0.25) is 14.3 Å². The van der Waals surface area contributed by atoms with Crippen LogP contribution < -0.4 is 10.2 Å². The molecule has 0 spiro atoms. The van der Waals surface area contributed by atoms with Crippen LogP contribution in [0.3, 0.4) is 0 Å². The van der Waals surface area contributed by atoms with E-state index in [1.807, 2.05) is 30.3 Å². The fraction of sp³-hybridized carbons (Fsp3) is 0.312. The topological polar surface area (TPSA) is 67.2 Å². The van der Waals surface area contributed by atoms with E-state index in [9.17, 15) is 9.59 Å². The third-order valence-corrected chi connectivity index (χ3v) is 3.83. The van der Waals surface area contributed by atoms with Gasteiger partial charge in [-0.25, -0.2) is 0 Å². The number of aryl methyl sites for hydroxylation is 1. The van der Waals surface area contributed by atoms with Crippen molar-refractivity contribution in [3.05, 3.63) is 42.7 Å². The van der Waals surface area contributed by atoms with Crippen LogP contribution in [-0.4, -0.2) is 28.1 Å². The molecule has 2 heterocycles. The normalized spacial score (nSPS) is 18.3. The van der Waals surface area contributed by atoms with Crippen LogP contribution in [-0.2, 0) is 16.6 Å². The molecule has 0 bridgehead atoms. The molecule has 2 aromatic rings. The molecule has 1 N–H and O–H groups in total. The molecule has 6 nitrogen and oxygen atoms in total. The van der Waals surface area contributed by atoms with Crippen LogP contribution in [0, 0.1) is 5.92 Å². The van der Waals surface area contributed by atoms with Gasteiger partial charge in [0.05, 0.1) is 17.8 Å². The third-order valence-electron chi connectivity index (χ3n) is 3.83. The van der Waals surface area contributed by atoms with Crippen LogP contribution >= 0.6 is 0 Å². The summed E-state index contributed by atoms with van der Waals surface area (Å²) in [5, 5.41) is 6.99. The molecule has 1 aliphatic heterocycles. The number of carbonyl (C=O) groups excluding carboxylic acids is 2. The first-order chi connectivity index (χ1) is 10.6. The van der Waals surface area contributed by atoms with Gasteiger partial charge in [-0.15, -0.1) is 0 Å². The highest BCUT2D eigenvalue weighted by molar-refractivity contribution is 5.98. The lowest BCUT2D eigenvalue weighted by Gasteiger charge is -2.30. The lowest BCUT2D eigenvalue weighted by molar-refractivity contribution is -0.124. The van der Waals surface area contributed by atoms with Crippen molar-refractivity contribution in [3.8, 4) is 0 Å². The number of nitrogens with zero attached hydrogens (tertiary/aromatic N) is 3. The number of hydrogen-bond donors (Lipinski definition) is 1. The van der Waals surface area contributed by atoms with Gasteiger partial charge in [-0.2, -0.15) is 5.10 Å². The van der Waals surface area contributed by atoms with Gasteiger partial charge in [-0.05, 0) is 18.6 Å². The van der Waals surface area contributed by atoms with Crippen molar-refractivity contribution >= 4 is 23.2 Å². The van der Waals surface area contributed by atoms with Crippen molar-refractivity contribution < 1.29 is 9.59 Å². The molecule has 1 unspecified atom stereocenters. The molecular formula is C16H18N4O2. The Hall–Kier alpha value is -2.63. The Bertz CT molecular complexity index is 680. The predicted octanol–water partition coefficient (Wildman–Crippen LogP) is 1.80. The lowest BCUT2D eigenvalue weighted by atomic mass is 9.96. The summed E-state index contributed by atoms with van der Waals surface area (Å²) in [5.41, 5.74) is 1.52. The van der Waals surface area contributed by atoms with Gasteiger partial charge in [0.15, 0.2) is 0 Å². The first kappa shape index (κ1) is 14.3. The molecule has 1 aromatic carbocycles. The fourth-order valence-electron chi connectivity index (χ4n) is 2.62. The molecule has 2 amide bonds. The molecule has 1 saturated heterocycles. The van der Waals surface area contributed by atoms with E-state index in [0.717, 1.165) is 11.4 Å². The molecule has 3 rings (SSSR count). The molecule has 114 valence electrons. The molecule has 1 atom stereocenters. The van der Waals surface area contributed by atoms with E-state index >= 15 is 0 Å². The number of para-hydroxylation sites is 1. The number of benzene rings is 1. The highest BCUT2D eigenvalue weighted by Crippen LogP contribution is 2.24. The molecule has 1 aromatic heterocycles. The van der Waals surface area contributed by atoms with Crippen LogP contribution in [0.25, 0.3) is 0 Å². The number of amides is 2. The second-order valence-corrected chi connectivity index (χ2v) is 5.47.